The minimum atomic E-state index is -1.75. The van der Waals surface area contributed by atoms with Crippen molar-refractivity contribution in [3.63, 3.8) is 0 Å². The summed E-state index contributed by atoms with van der Waals surface area (Å²) in [6.07, 6.45) is -3.26. The molecule has 0 heterocycles. The third-order valence-electron chi connectivity index (χ3n) is 2.16. The standard InChI is InChI=1S/C10H10BrNO5/c11-6-3-4(10(16)17)1-2-5(6)7(13)8(14)9(12)15/h1-3,7-8,13-14H,(H2,12,15)(H,16,17). The van der Waals surface area contributed by atoms with Crippen LogP contribution < -0.4 is 5.73 Å². The first-order chi connectivity index (χ1) is 7.84. The monoisotopic (exact) mass is 303 g/mol. The summed E-state index contributed by atoms with van der Waals surface area (Å²) in [5.74, 6) is -2.19. The third kappa shape index (κ3) is 3.02. The minimum Gasteiger partial charge on any atom is -0.478 e. The Bertz CT molecular complexity index is 462. The van der Waals surface area contributed by atoms with Crippen LogP contribution in [0.5, 0.6) is 0 Å². The van der Waals surface area contributed by atoms with E-state index in [-0.39, 0.29) is 15.6 Å². The number of amides is 1. The highest BCUT2D eigenvalue weighted by atomic mass is 79.9. The van der Waals surface area contributed by atoms with Gasteiger partial charge in [-0.05, 0) is 17.7 Å². The quantitative estimate of drug-likeness (QED) is 0.625. The number of aliphatic hydroxyl groups excluding tert-OH is 2. The number of halogens is 1. The van der Waals surface area contributed by atoms with Crippen molar-refractivity contribution < 1.29 is 24.9 Å². The highest BCUT2D eigenvalue weighted by molar-refractivity contribution is 9.10. The van der Waals surface area contributed by atoms with Crippen LogP contribution >= 0.6 is 15.9 Å². The number of carbonyl (C=O) groups excluding carboxylic acids is 1. The Hall–Kier alpha value is -1.44. The Balaban J connectivity index is 3.08. The lowest BCUT2D eigenvalue weighted by atomic mass is 10.0. The van der Waals surface area contributed by atoms with Crippen LogP contribution in [0.25, 0.3) is 0 Å². The Morgan fingerprint density at radius 2 is 1.88 bits per heavy atom. The fourth-order valence-electron chi connectivity index (χ4n) is 1.23. The van der Waals surface area contributed by atoms with E-state index in [9.17, 15) is 19.8 Å². The van der Waals surface area contributed by atoms with Crippen LogP contribution in [0.1, 0.15) is 22.0 Å². The van der Waals surface area contributed by atoms with Crippen LogP contribution in [0.15, 0.2) is 22.7 Å². The lowest BCUT2D eigenvalue weighted by Crippen LogP contribution is -2.34. The number of carboxylic acid groups (broad SMARTS) is 1. The van der Waals surface area contributed by atoms with Gasteiger partial charge >= 0.3 is 5.97 Å². The predicted octanol–water partition coefficient (Wildman–Crippen LogP) is 0.0269. The van der Waals surface area contributed by atoms with Crippen molar-refractivity contribution in [3.8, 4) is 0 Å². The molecule has 0 aliphatic carbocycles. The van der Waals surface area contributed by atoms with Gasteiger partial charge in [-0.2, -0.15) is 0 Å². The zero-order valence-electron chi connectivity index (χ0n) is 8.50. The second kappa shape index (κ2) is 5.26. The normalized spacial score (nSPS) is 14.1. The molecule has 5 N–H and O–H groups in total. The summed E-state index contributed by atoms with van der Waals surface area (Å²) in [6.45, 7) is 0. The number of carboxylic acids is 1. The van der Waals surface area contributed by atoms with Crippen LogP contribution in [-0.2, 0) is 4.79 Å². The van der Waals surface area contributed by atoms with Crippen molar-refractivity contribution >= 4 is 27.8 Å². The molecule has 0 spiro atoms. The lowest BCUT2D eigenvalue weighted by molar-refractivity contribution is -0.132. The molecule has 7 heteroatoms. The van der Waals surface area contributed by atoms with Crippen molar-refractivity contribution in [1.82, 2.24) is 0 Å². The van der Waals surface area contributed by atoms with Gasteiger partial charge in [-0.1, -0.05) is 22.0 Å². The van der Waals surface area contributed by atoms with Gasteiger partial charge in [0.1, 0.15) is 6.10 Å². The van der Waals surface area contributed by atoms with E-state index >= 15 is 0 Å². The minimum absolute atomic E-state index is 0.0152. The molecule has 1 aromatic carbocycles. The average Bonchev–Trinajstić information content (AvgIpc) is 2.26. The van der Waals surface area contributed by atoms with E-state index in [4.69, 9.17) is 10.8 Å². The van der Waals surface area contributed by atoms with Crippen LogP contribution in [0, 0.1) is 0 Å². The molecule has 0 aliphatic heterocycles. The SMILES string of the molecule is NC(=O)C(O)C(O)c1ccc(C(=O)O)cc1Br. The Labute approximate surface area is 105 Å². The molecule has 0 fully saturated rings. The van der Waals surface area contributed by atoms with Crippen LogP contribution in [0.4, 0.5) is 0 Å². The van der Waals surface area contributed by atoms with Gasteiger partial charge in [-0.25, -0.2) is 4.79 Å². The third-order valence-corrected chi connectivity index (χ3v) is 2.84. The summed E-state index contributed by atoms with van der Waals surface area (Å²) in [5.41, 5.74) is 5.04. The molecule has 1 amide bonds. The molecular weight excluding hydrogens is 294 g/mol. The average molecular weight is 304 g/mol. The summed E-state index contributed by atoms with van der Waals surface area (Å²) in [7, 11) is 0. The van der Waals surface area contributed by atoms with Crippen LogP contribution in [0.3, 0.4) is 0 Å². The second-order valence-corrected chi connectivity index (χ2v) is 4.19. The first kappa shape index (κ1) is 13.6. The maximum absolute atomic E-state index is 10.7. The summed E-state index contributed by atoms with van der Waals surface area (Å²) in [5, 5.41) is 27.7. The Morgan fingerprint density at radius 3 is 2.29 bits per heavy atom. The zero-order valence-corrected chi connectivity index (χ0v) is 10.1. The molecular formula is C10H10BrNO5. The number of hydrogen-bond donors (Lipinski definition) is 4. The summed E-state index contributed by atoms with van der Waals surface area (Å²) < 4.78 is 0.269. The smallest absolute Gasteiger partial charge is 0.335 e. The summed E-state index contributed by atoms with van der Waals surface area (Å²) >= 11 is 3.05. The molecule has 0 aliphatic rings. The predicted molar refractivity (Wildman–Crippen MR) is 61.3 cm³/mol. The van der Waals surface area contributed by atoms with Gasteiger partial charge < -0.3 is 21.1 Å². The molecule has 0 bridgehead atoms. The van der Waals surface area contributed by atoms with E-state index in [0.29, 0.717) is 0 Å². The summed E-state index contributed by atoms with van der Waals surface area (Å²) in [6, 6.07) is 3.80. The van der Waals surface area contributed by atoms with E-state index in [1.165, 1.54) is 18.2 Å². The molecule has 2 unspecified atom stereocenters. The molecule has 2 atom stereocenters. The van der Waals surface area contributed by atoms with E-state index < -0.39 is 24.1 Å². The summed E-state index contributed by atoms with van der Waals surface area (Å²) in [4.78, 5) is 21.4. The zero-order chi connectivity index (χ0) is 13.2. The molecule has 0 radical (unpaired) electrons. The van der Waals surface area contributed by atoms with E-state index in [0.717, 1.165) is 0 Å². The highest BCUT2D eigenvalue weighted by Gasteiger charge is 2.25. The number of carbonyl (C=O) groups is 2. The topological polar surface area (TPSA) is 121 Å². The number of hydrogen-bond acceptors (Lipinski definition) is 4. The van der Waals surface area contributed by atoms with Crippen molar-refractivity contribution in [3.05, 3.63) is 33.8 Å². The molecule has 17 heavy (non-hydrogen) atoms. The van der Waals surface area contributed by atoms with Gasteiger partial charge in [0.2, 0.25) is 5.91 Å². The van der Waals surface area contributed by atoms with Gasteiger partial charge in [-0.3, -0.25) is 4.79 Å². The van der Waals surface area contributed by atoms with Crippen molar-refractivity contribution in [2.45, 2.75) is 12.2 Å². The largest absolute Gasteiger partial charge is 0.478 e. The molecule has 0 saturated heterocycles. The van der Waals surface area contributed by atoms with Crippen LogP contribution in [0.2, 0.25) is 0 Å². The van der Waals surface area contributed by atoms with E-state index in [1.54, 1.807) is 0 Å². The van der Waals surface area contributed by atoms with E-state index in [2.05, 4.69) is 15.9 Å². The fourth-order valence-corrected chi connectivity index (χ4v) is 1.84. The number of benzene rings is 1. The molecule has 92 valence electrons. The lowest BCUT2D eigenvalue weighted by Gasteiger charge is -2.16. The van der Waals surface area contributed by atoms with Crippen molar-refractivity contribution in [2.24, 2.45) is 5.73 Å². The fraction of sp³-hybridized carbons (Fsp3) is 0.200. The molecule has 6 nitrogen and oxygen atoms in total. The molecule has 1 rings (SSSR count). The number of nitrogens with two attached hydrogens (primary N) is 1. The Kier molecular flexibility index (Phi) is 4.22. The van der Waals surface area contributed by atoms with E-state index in [1.807, 2.05) is 0 Å². The maximum atomic E-state index is 10.7. The number of primary amides is 1. The first-order valence-corrected chi connectivity index (χ1v) is 5.32. The molecule has 0 saturated carbocycles. The van der Waals surface area contributed by atoms with Gasteiger partial charge in [0.15, 0.2) is 6.10 Å². The number of aromatic carboxylic acids is 1. The number of rotatable bonds is 4. The molecule has 1 aromatic rings. The van der Waals surface area contributed by atoms with Crippen LogP contribution in [-0.4, -0.2) is 33.3 Å². The maximum Gasteiger partial charge on any atom is 0.335 e. The van der Waals surface area contributed by atoms with Crippen molar-refractivity contribution in [2.75, 3.05) is 0 Å². The van der Waals surface area contributed by atoms with Gasteiger partial charge in [0, 0.05) is 4.47 Å². The van der Waals surface area contributed by atoms with Crippen molar-refractivity contribution in [1.29, 1.82) is 0 Å². The van der Waals surface area contributed by atoms with Gasteiger partial charge in [0.05, 0.1) is 5.56 Å². The molecule has 0 aromatic heterocycles. The Morgan fingerprint density at radius 1 is 1.29 bits per heavy atom. The van der Waals surface area contributed by atoms with Gasteiger partial charge in [0.25, 0.3) is 0 Å². The van der Waals surface area contributed by atoms with Gasteiger partial charge in [-0.15, -0.1) is 0 Å². The number of aliphatic hydroxyl groups is 2. The first-order valence-electron chi connectivity index (χ1n) is 4.52. The second-order valence-electron chi connectivity index (χ2n) is 3.33. The highest BCUT2D eigenvalue weighted by Crippen LogP contribution is 2.26.